The van der Waals surface area contributed by atoms with Gasteiger partial charge in [0.15, 0.2) is 0 Å². The van der Waals surface area contributed by atoms with Crippen LogP contribution >= 0.6 is 0 Å². The van der Waals surface area contributed by atoms with Crippen LogP contribution < -0.4 is 0 Å². The van der Waals surface area contributed by atoms with Crippen LogP contribution in [0.1, 0.15) is 29.3 Å². The normalized spacial score (nSPS) is 10.2. The molecule has 0 radical (unpaired) electrons. The first-order chi connectivity index (χ1) is 8.24. The molecule has 0 fully saturated rings. The van der Waals surface area contributed by atoms with Gasteiger partial charge in [-0.2, -0.15) is 4.89 Å². The summed E-state index contributed by atoms with van der Waals surface area (Å²) >= 11 is 0. The van der Waals surface area contributed by atoms with E-state index in [4.69, 9.17) is 9.62 Å². The third kappa shape index (κ3) is 5.47. The van der Waals surface area contributed by atoms with Crippen molar-refractivity contribution in [2.24, 2.45) is 0 Å². The molecule has 0 saturated heterocycles. The molecule has 17 heavy (non-hydrogen) atoms. The summed E-state index contributed by atoms with van der Waals surface area (Å²) in [5, 5.41) is 0. The van der Waals surface area contributed by atoms with E-state index >= 15 is 0 Å². The summed E-state index contributed by atoms with van der Waals surface area (Å²) in [5.74, 6) is -0.486. The zero-order chi connectivity index (χ0) is 12.5. The van der Waals surface area contributed by atoms with Gasteiger partial charge in [-0.15, -0.1) is 0 Å². The predicted molar refractivity (Wildman–Crippen MR) is 63.7 cm³/mol. The number of ether oxygens (including phenoxy) is 1. The number of carbonyl (C=O) groups excluding carboxylic acids is 1. The van der Waals surface area contributed by atoms with Crippen molar-refractivity contribution in [2.75, 3.05) is 19.8 Å². The quantitative estimate of drug-likeness (QED) is 0.416. The van der Waals surface area contributed by atoms with E-state index in [1.807, 2.05) is 26.0 Å². The van der Waals surface area contributed by atoms with E-state index in [-0.39, 0.29) is 6.61 Å². The Morgan fingerprint density at radius 1 is 1.12 bits per heavy atom. The highest BCUT2D eigenvalue weighted by Gasteiger charge is 2.07. The van der Waals surface area contributed by atoms with Gasteiger partial charge in [0.05, 0.1) is 12.2 Å². The Balaban J connectivity index is 2.19. The average Bonchev–Trinajstić information content (AvgIpc) is 2.34. The Hall–Kier alpha value is -1.39. The standard InChI is InChI=1S/C13H18O4/c1-3-8-15-9-10-16-17-13(14)12-6-4-11(2)5-7-12/h4-7H,3,8-10H2,1-2H3. The van der Waals surface area contributed by atoms with E-state index in [0.29, 0.717) is 18.8 Å². The predicted octanol–water partition coefficient (Wildman–Crippen LogP) is 2.51. The van der Waals surface area contributed by atoms with Crippen LogP contribution in [0.2, 0.25) is 0 Å². The number of carbonyl (C=O) groups is 1. The molecule has 0 bridgehead atoms. The summed E-state index contributed by atoms with van der Waals surface area (Å²) < 4.78 is 5.17. The van der Waals surface area contributed by atoms with Crippen molar-refractivity contribution in [3.8, 4) is 0 Å². The minimum atomic E-state index is -0.486. The van der Waals surface area contributed by atoms with Crippen molar-refractivity contribution >= 4 is 5.97 Å². The molecule has 4 nitrogen and oxygen atoms in total. The maximum Gasteiger partial charge on any atom is 0.373 e. The number of hydrogen-bond donors (Lipinski definition) is 0. The Morgan fingerprint density at radius 3 is 2.47 bits per heavy atom. The molecule has 0 amide bonds. The van der Waals surface area contributed by atoms with E-state index in [1.165, 1.54) is 0 Å². The molecule has 0 atom stereocenters. The molecule has 0 aliphatic heterocycles. The summed E-state index contributed by atoms with van der Waals surface area (Å²) in [5.41, 5.74) is 1.57. The minimum absolute atomic E-state index is 0.248. The van der Waals surface area contributed by atoms with Gasteiger partial charge in [-0.1, -0.05) is 24.6 Å². The molecule has 0 saturated carbocycles. The second kappa shape index (κ2) is 7.81. The summed E-state index contributed by atoms with van der Waals surface area (Å²) in [6.45, 7) is 5.34. The Labute approximate surface area is 101 Å². The zero-order valence-corrected chi connectivity index (χ0v) is 10.3. The van der Waals surface area contributed by atoms with Crippen molar-refractivity contribution in [1.29, 1.82) is 0 Å². The molecular weight excluding hydrogens is 220 g/mol. The molecule has 1 aromatic rings. The Bertz CT molecular complexity index is 332. The van der Waals surface area contributed by atoms with Gasteiger partial charge in [0, 0.05) is 6.61 Å². The van der Waals surface area contributed by atoms with Crippen LogP contribution in [-0.4, -0.2) is 25.8 Å². The van der Waals surface area contributed by atoms with Crippen molar-refractivity contribution in [2.45, 2.75) is 20.3 Å². The third-order valence-corrected chi connectivity index (χ3v) is 2.08. The fourth-order valence-electron chi connectivity index (χ4n) is 1.17. The molecule has 0 spiro atoms. The third-order valence-electron chi connectivity index (χ3n) is 2.08. The second-order valence-electron chi connectivity index (χ2n) is 3.67. The molecular formula is C13H18O4. The first kappa shape index (κ1) is 13.7. The van der Waals surface area contributed by atoms with Gasteiger partial charge in [0.2, 0.25) is 0 Å². The maximum absolute atomic E-state index is 11.5. The molecule has 0 unspecified atom stereocenters. The fourth-order valence-corrected chi connectivity index (χ4v) is 1.17. The number of hydrogen-bond acceptors (Lipinski definition) is 4. The molecule has 94 valence electrons. The molecule has 0 heterocycles. The van der Waals surface area contributed by atoms with Crippen LogP contribution in [0.25, 0.3) is 0 Å². The van der Waals surface area contributed by atoms with Gasteiger partial charge in [-0.3, -0.25) is 4.89 Å². The highest BCUT2D eigenvalue weighted by atomic mass is 17.2. The Kier molecular flexibility index (Phi) is 6.29. The molecule has 1 rings (SSSR count). The molecule has 0 N–H and O–H groups in total. The number of aryl methyl sites for hydroxylation is 1. The van der Waals surface area contributed by atoms with Gasteiger partial charge < -0.3 is 4.74 Å². The van der Waals surface area contributed by atoms with Crippen LogP contribution in [0.3, 0.4) is 0 Å². The second-order valence-corrected chi connectivity index (χ2v) is 3.67. The summed E-state index contributed by atoms with van der Waals surface area (Å²) in [7, 11) is 0. The van der Waals surface area contributed by atoms with Gasteiger partial charge >= 0.3 is 5.97 Å². The first-order valence-corrected chi connectivity index (χ1v) is 5.72. The van der Waals surface area contributed by atoms with Crippen LogP contribution in [-0.2, 0) is 14.5 Å². The van der Waals surface area contributed by atoms with Gasteiger partial charge in [0.1, 0.15) is 6.61 Å². The fraction of sp³-hybridized carbons (Fsp3) is 0.462. The van der Waals surface area contributed by atoms with E-state index in [9.17, 15) is 4.79 Å². The van der Waals surface area contributed by atoms with Crippen molar-refractivity contribution in [3.63, 3.8) is 0 Å². The lowest BCUT2D eigenvalue weighted by molar-refractivity contribution is -0.247. The minimum Gasteiger partial charge on any atom is -0.379 e. The monoisotopic (exact) mass is 238 g/mol. The average molecular weight is 238 g/mol. The smallest absolute Gasteiger partial charge is 0.373 e. The highest BCUT2D eigenvalue weighted by molar-refractivity contribution is 5.88. The maximum atomic E-state index is 11.5. The highest BCUT2D eigenvalue weighted by Crippen LogP contribution is 2.04. The topological polar surface area (TPSA) is 44.8 Å². The zero-order valence-electron chi connectivity index (χ0n) is 10.3. The van der Waals surface area contributed by atoms with E-state index in [2.05, 4.69) is 4.89 Å². The Morgan fingerprint density at radius 2 is 1.82 bits per heavy atom. The number of benzene rings is 1. The van der Waals surface area contributed by atoms with Crippen molar-refractivity contribution in [1.82, 2.24) is 0 Å². The van der Waals surface area contributed by atoms with Gasteiger partial charge in [-0.25, -0.2) is 4.79 Å². The van der Waals surface area contributed by atoms with Crippen molar-refractivity contribution < 1.29 is 19.3 Å². The molecule has 0 aliphatic carbocycles. The molecule has 1 aromatic carbocycles. The van der Waals surface area contributed by atoms with E-state index < -0.39 is 5.97 Å². The largest absolute Gasteiger partial charge is 0.379 e. The lowest BCUT2D eigenvalue weighted by atomic mass is 10.2. The molecule has 0 aromatic heterocycles. The first-order valence-electron chi connectivity index (χ1n) is 5.72. The van der Waals surface area contributed by atoms with Crippen LogP contribution in [0.4, 0.5) is 0 Å². The lowest BCUT2D eigenvalue weighted by Gasteiger charge is -2.04. The van der Waals surface area contributed by atoms with Crippen LogP contribution in [0, 0.1) is 6.92 Å². The lowest BCUT2D eigenvalue weighted by Crippen LogP contribution is -2.10. The van der Waals surface area contributed by atoms with Crippen molar-refractivity contribution in [3.05, 3.63) is 35.4 Å². The molecule has 0 aliphatic rings. The van der Waals surface area contributed by atoms with Gasteiger partial charge in [0.25, 0.3) is 0 Å². The van der Waals surface area contributed by atoms with Crippen LogP contribution in [0.5, 0.6) is 0 Å². The summed E-state index contributed by atoms with van der Waals surface area (Å²) in [4.78, 5) is 20.8. The van der Waals surface area contributed by atoms with E-state index in [0.717, 1.165) is 12.0 Å². The molecule has 4 heteroatoms. The number of rotatable bonds is 7. The summed E-state index contributed by atoms with van der Waals surface area (Å²) in [6, 6.07) is 7.10. The van der Waals surface area contributed by atoms with Crippen LogP contribution in [0.15, 0.2) is 24.3 Å². The van der Waals surface area contributed by atoms with Gasteiger partial charge in [-0.05, 0) is 25.5 Å². The SMILES string of the molecule is CCCOCCOOC(=O)c1ccc(C)cc1. The van der Waals surface area contributed by atoms with E-state index in [1.54, 1.807) is 12.1 Å². The summed E-state index contributed by atoms with van der Waals surface area (Å²) in [6.07, 6.45) is 0.961.